The molecule has 0 spiro atoms. The van der Waals surface area contributed by atoms with Crippen LogP contribution < -0.4 is 0 Å². The number of thioether (sulfide) groups is 1. The Morgan fingerprint density at radius 2 is 2.00 bits per heavy atom. The number of ketones is 1. The lowest BCUT2D eigenvalue weighted by molar-refractivity contribution is -0.136. The molecule has 1 saturated heterocycles. The molecule has 1 aliphatic heterocycles. The van der Waals surface area contributed by atoms with Crippen molar-refractivity contribution < 1.29 is 14.4 Å². The van der Waals surface area contributed by atoms with Gasteiger partial charge in [-0.3, -0.25) is 19.3 Å². The first-order valence-electron chi connectivity index (χ1n) is 5.44. The molecule has 1 rings (SSSR count). The Bertz CT molecular complexity index is 278. The van der Waals surface area contributed by atoms with Crippen molar-refractivity contribution in [1.29, 1.82) is 0 Å². The number of imide groups is 1. The van der Waals surface area contributed by atoms with Gasteiger partial charge in [0.05, 0.1) is 5.25 Å². The third-order valence-electron chi connectivity index (χ3n) is 2.11. The van der Waals surface area contributed by atoms with Crippen molar-refractivity contribution in [3.63, 3.8) is 0 Å². The molecule has 1 aliphatic rings. The summed E-state index contributed by atoms with van der Waals surface area (Å²) in [5.74, 6) is 0.467. The summed E-state index contributed by atoms with van der Waals surface area (Å²) in [6, 6.07) is 0. The van der Waals surface area contributed by atoms with Gasteiger partial charge >= 0.3 is 0 Å². The van der Waals surface area contributed by atoms with Crippen LogP contribution in [0, 0.1) is 0 Å². The summed E-state index contributed by atoms with van der Waals surface area (Å²) in [7, 11) is 1.50. The fraction of sp³-hybridized carbons (Fsp3) is 0.727. The standard InChI is InChI=1S/C9H13NO3S.C2H6/c1-6(11)3-4-14-7-5-8(12)10(2)9(7)13;1-2/h7H,3-5H2,1-2H3;1-2H3. The first-order valence-corrected chi connectivity index (χ1v) is 6.48. The minimum absolute atomic E-state index is 0.114. The number of rotatable bonds is 4. The molecule has 0 bridgehead atoms. The van der Waals surface area contributed by atoms with E-state index in [-0.39, 0.29) is 29.3 Å². The Hall–Kier alpha value is -0.840. The number of amides is 2. The molecule has 1 unspecified atom stereocenters. The smallest absolute Gasteiger partial charge is 0.242 e. The molecule has 0 aromatic heterocycles. The molecular weight excluding hydrogens is 226 g/mol. The zero-order valence-corrected chi connectivity index (χ0v) is 11.1. The number of nitrogens with zero attached hydrogens (tertiary/aromatic N) is 1. The van der Waals surface area contributed by atoms with Crippen LogP contribution in [0.3, 0.4) is 0 Å². The van der Waals surface area contributed by atoms with Crippen LogP contribution in [0.15, 0.2) is 0 Å². The largest absolute Gasteiger partial charge is 0.300 e. The number of hydrogen-bond acceptors (Lipinski definition) is 4. The van der Waals surface area contributed by atoms with Gasteiger partial charge in [-0.1, -0.05) is 13.8 Å². The summed E-state index contributed by atoms with van der Waals surface area (Å²) >= 11 is 1.40. The van der Waals surface area contributed by atoms with Crippen LogP contribution in [-0.2, 0) is 14.4 Å². The lowest BCUT2D eigenvalue weighted by Crippen LogP contribution is -2.26. The average Bonchev–Trinajstić information content (AvgIpc) is 2.49. The van der Waals surface area contributed by atoms with Crippen LogP contribution in [-0.4, -0.2) is 40.5 Å². The van der Waals surface area contributed by atoms with Crippen molar-refractivity contribution in [2.45, 2.75) is 38.9 Å². The van der Waals surface area contributed by atoms with Crippen LogP contribution in [0.5, 0.6) is 0 Å². The normalized spacial score (nSPS) is 19.5. The van der Waals surface area contributed by atoms with Gasteiger partial charge in [-0.05, 0) is 6.92 Å². The summed E-state index contributed by atoms with van der Waals surface area (Å²) in [5, 5.41) is -0.271. The van der Waals surface area contributed by atoms with Crippen molar-refractivity contribution in [3.05, 3.63) is 0 Å². The number of carbonyl (C=O) groups is 3. The molecule has 0 aromatic rings. The quantitative estimate of drug-likeness (QED) is 0.704. The van der Waals surface area contributed by atoms with E-state index in [0.29, 0.717) is 12.2 Å². The number of Topliss-reactive ketones (excluding diaryl/α,β-unsaturated/α-hetero) is 1. The second kappa shape index (κ2) is 7.44. The van der Waals surface area contributed by atoms with Crippen LogP contribution >= 0.6 is 11.8 Å². The van der Waals surface area contributed by atoms with E-state index >= 15 is 0 Å². The van der Waals surface area contributed by atoms with Crippen LogP contribution in [0.4, 0.5) is 0 Å². The SMILES string of the molecule is CC.CC(=O)CCSC1CC(=O)N(C)C1=O. The van der Waals surface area contributed by atoms with E-state index in [0.717, 1.165) is 4.90 Å². The van der Waals surface area contributed by atoms with E-state index in [1.54, 1.807) is 0 Å². The molecule has 1 atom stereocenters. The van der Waals surface area contributed by atoms with E-state index in [2.05, 4.69) is 0 Å². The van der Waals surface area contributed by atoms with Crippen LogP contribution in [0.25, 0.3) is 0 Å². The fourth-order valence-electron chi connectivity index (χ4n) is 1.20. The fourth-order valence-corrected chi connectivity index (χ4v) is 2.45. The third kappa shape index (κ3) is 4.35. The summed E-state index contributed by atoms with van der Waals surface area (Å²) < 4.78 is 0. The average molecular weight is 245 g/mol. The highest BCUT2D eigenvalue weighted by Crippen LogP contribution is 2.24. The predicted octanol–water partition coefficient (Wildman–Crippen LogP) is 1.48. The van der Waals surface area contributed by atoms with Crippen molar-refractivity contribution in [2.75, 3.05) is 12.8 Å². The number of hydrogen-bond donors (Lipinski definition) is 0. The Balaban J connectivity index is 0.00000106. The lowest BCUT2D eigenvalue weighted by atomic mass is 10.3. The van der Waals surface area contributed by atoms with E-state index in [9.17, 15) is 14.4 Å². The second-order valence-corrected chi connectivity index (χ2v) is 4.62. The molecular formula is C11H19NO3S. The summed E-state index contributed by atoms with van der Waals surface area (Å²) in [6.07, 6.45) is 0.740. The van der Waals surface area contributed by atoms with Crippen LogP contribution in [0.2, 0.25) is 0 Å². The molecule has 1 heterocycles. The Kier molecular flexibility index (Phi) is 7.05. The predicted molar refractivity (Wildman–Crippen MR) is 65.3 cm³/mol. The molecule has 5 heteroatoms. The minimum atomic E-state index is -0.271. The van der Waals surface area contributed by atoms with E-state index in [1.165, 1.54) is 25.7 Å². The minimum Gasteiger partial charge on any atom is -0.300 e. The molecule has 1 fully saturated rings. The molecule has 0 aromatic carbocycles. The Morgan fingerprint density at radius 3 is 2.38 bits per heavy atom. The summed E-state index contributed by atoms with van der Waals surface area (Å²) in [5.41, 5.74) is 0. The molecule has 0 radical (unpaired) electrons. The van der Waals surface area contributed by atoms with Gasteiger partial charge in [0.1, 0.15) is 5.78 Å². The summed E-state index contributed by atoms with van der Waals surface area (Å²) in [6.45, 7) is 5.52. The maximum Gasteiger partial charge on any atom is 0.242 e. The van der Waals surface area contributed by atoms with Crippen molar-refractivity contribution >= 4 is 29.4 Å². The maximum atomic E-state index is 11.4. The first-order chi connectivity index (χ1) is 7.52. The zero-order valence-electron chi connectivity index (χ0n) is 10.3. The zero-order chi connectivity index (χ0) is 12.7. The molecule has 92 valence electrons. The molecule has 2 amide bonds. The van der Waals surface area contributed by atoms with Crippen molar-refractivity contribution in [2.24, 2.45) is 0 Å². The Morgan fingerprint density at radius 1 is 1.44 bits per heavy atom. The topological polar surface area (TPSA) is 54.5 Å². The maximum absolute atomic E-state index is 11.4. The molecule has 16 heavy (non-hydrogen) atoms. The van der Waals surface area contributed by atoms with Gasteiger partial charge in [0.2, 0.25) is 11.8 Å². The highest BCUT2D eigenvalue weighted by Gasteiger charge is 2.35. The van der Waals surface area contributed by atoms with Gasteiger partial charge in [-0.15, -0.1) is 11.8 Å². The molecule has 4 nitrogen and oxygen atoms in total. The van der Waals surface area contributed by atoms with Crippen LogP contribution in [0.1, 0.15) is 33.6 Å². The molecule has 0 N–H and O–H groups in total. The number of carbonyl (C=O) groups excluding carboxylic acids is 3. The van der Waals surface area contributed by atoms with E-state index in [1.807, 2.05) is 13.8 Å². The van der Waals surface area contributed by atoms with Crippen molar-refractivity contribution in [3.8, 4) is 0 Å². The van der Waals surface area contributed by atoms with Crippen molar-refractivity contribution in [1.82, 2.24) is 4.90 Å². The first kappa shape index (κ1) is 15.2. The Labute approximate surface area is 101 Å². The van der Waals surface area contributed by atoms with Gasteiger partial charge in [-0.25, -0.2) is 0 Å². The van der Waals surface area contributed by atoms with E-state index < -0.39 is 0 Å². The lowest BCUT2D eigenvalue weighted by Gasteiger charge is -2.07. The van der Waals surface area contributed by atoms with Gasteiger partial charge in [-0.2, -0.15) is 0 Å². The second-order valence-electron chi connectivity index (χ2n) is 3.31. The van der Waals surface area contributed by atoms with E-state index in [4.69, 9.17) is 0 Å². The van der Waals surface area contributed by atoms with Gasteiger partial charge in [0.15, 0.2) is 0 Å². The third-order valence-corrected chi connectivity index (χ3v) is 3.32. The molecule has 0 saturated carbocycles. The summed E-state index contributed by atoms with van der Waals surface area (Å²) in [4.78, 5) is 34.3. The highest BCUT2D eigenvalue weighted by atomic mass is 32.2. The molecule has 0 aliphatic carbocycles. The van der Waals surface area contributed by atoms with Gasteiger partial charge < -0.3 is 0 Å². The van der Waals surface area contributed by atoms with Gasteiger partial charge in [0, 0.05) is 25.6 Å². The number of likely N-dealkylation sites (tertiary alicyclic amines) is 1. The highest BCUT2D eigenvalue weighted by molar-refractivity contribution is 8.00. The van der Waals surface area contributed by atoms with Gasteiger partial charge in [0.25, 0.3) is 0 Å². The monoisotopic (exact) mass is 245 g/mol.